The van der Waals surface area contributed by atoms with Gasteiger partial charge in [0.05, 0.1) is 0 Å². The molecule has 0 atom stereocenters. The quantitative estimate of drug-likeness (QED) is 0.141. The van der Waals surface area contributed by atoms with E-state index in [1.54, 1.807) is 0 Å². The van der Waals surface area contributed by atoms with Crippen molar-refractivity contribution < 1.29 is 4.43 Å². The highest BCUT2D eigenvalue weighted by molar-refractivity contribution is 6.74. The van der Waals surface area contributed by atoms with Crippen LogP contribution in [0.2, 0.25) is 18.1 Å². The highest BCUT2D eigenvalue weighted by Crippen LogP contribution is 2.36. The molecule has 0 N–H and O–H groups in total. The van der Waals surface area contributed by atoms with Crippen LogP contribution in [0.3, 0.4) is 0 Å². The van der Waals surface area contributed by atoms with E-state index in [9.17, 15) is 0 Å². The van der Waals surface area contributed by atoms with E-state index < -0.39 is 8.32 Å². The Labute approximate surface area is 179 Å². The van der Waals surface area contributed by atoms with Gasteiger partial charge in [0.1, 0.15) is 0 Å². The third kappa shape index (κ3) is 16.4. The topological polar surface area (TPSA) is 9.23 Å². The molecule has 0 amide bonds. The minimum atomic E-state index is -1.56. The molecule has 164 valence electrons. The molecule has 0 aromatic carbocycles. The van der Waals surface area contributed by atoms with Crippen LogP contribution in [0, 0.1) is 11.8 Å². The molecule has 0 radical (unpaired) electrons. The average Bonchev–Trinajstić information content (AvgIpc) is 2.62. The van der Waals surface area contributed by atoms with Gasteiger partial charge in [-0.2, -0.15) is 0 Å². The molecule has 1 nitrogen and oxygen atoms in total. The van der Waals surface area contributed by atoms with Crippen LogP contribution in [0.15, 0.2) is 12.2 Å². The van der Waals surface area contributed by atoms with Gasteiger partial charge < -0.3 is 4.43 Å². The number of rotatable bonds is 16. The van der Waals surface area contributed by atoms with Crippen LogP contribution >= 0.6 is 0 Å². The second-order valence-electron chi connectivity index (χ2n) is 9.76. The van der Waals surface area contributed by atoms with Crippen LogP contribution < -0.4 is 0 Å². The van der Waals surface area contributed by atoms with Gasteiger partial charge in [0, 0.05) is 13.0 Å². The molecule has 0 aliphatic heterocycles. The number of hydrogen-bond acceptors (Lipinski definition) is 1. The summed E-state index contributed by atoms with van der Waals surface area (Å²) < 4.78 is 6.21. The van der Waals surface area contributed by atoms with Gasteiger partial charge in [-0.25, -0.2) is 0 Å². The molecule has 0 unspecified atom stereocenters. The number of unbranched alkanes of at least 4 members (excludes halogenated alkanes) is 12. The maximum absolute atomic E-state index is 6.21. The zero-order valence-electron chi connectivity index (χ0n) is 20.2. The fraction of sp³-hybridized carbons (Fsp3) is 0.846. The van der Waals surface area contributed by atoms with E-state index in [1.165, 1.54) is 70.6 Å². The van der Waals surface area contributed by atoms with Crippen molar-refractivity contribution in [2.45, 2.75) is 136 Å². The molecule has 0 bridgehead atoms. The molecule has 0 aliphatic rings. The van der Waals surface area contributed by atoms with Gasteiger partial charge in [0.2, 0.25) is 0 Å². The van der Waals surface area contributed by atoms with Crippen molar-refractivity contribution in [1.82, 2.24) is 0 Å². The molecule has 0 spiro atoms. The van der Waals surface area contributed by atoms with Crippen LogP contribution in [-0.4, -0.2) is 14.9 Å². The highest BCUT2D eigenvalue weighted by atomic mass is 28.4. The average molecular weight is 407 g/mol. The van der Waals surface area contributed by atoms with E-state index in [1.807, 2.05) is 6.08 Å². The highest BCUT2D eigenvalue weighted by Gasteiger charge is 2.36. The Balaban J connectivity index is 3.44. The zero-order valence-corrected chi connectivity index (χ0v) is 21.2. The molecule has 0 heterocycles. The van der Waals surface area contributed by atoms with Crippen molar-refractivity contribution in [3.05, 3.63) is 12.2 Å². The summed E-state index contributed by atoms with van der Waals surface area (Å²) in [5.74, 6) is 6.49. The Bertz CT molecular complexity index is 434. The third-order valence-corrected chi connectivity index (χ3v) is 10.5. The van der Waals surface area contributed by atoms with Crippen LogP contribution in [-0.2, 0) is 4.43 Å². The Morgan fingerprint density at radius 3 is 1.93 bits per heavy atom. The van der Waals surface area contributed by atoms with Crippen LogP contribution in [0.4, 0.5) is 0 Å². The van der Waals surface area contributed by atoms with Crippen molar-refractivity contribution in [3.63, 3.8) is 0 Å². The first-order valence-electron chi connectivity index (χ1n) is 12.1. The number of allylic oxidation sites excluding steroid dienone is 2. The van der Waals surface area contributed by atoms with Crippen molar-refractivity contribution in [1.29, 1.82) is 0 Å². The van der Waals surface area contributed by atoms with Gasteiger partial charge in [0.25, 0.3) is 0 Å². The molecular formula is C26H50OSi. The second kappa shape index (κ2) is 17.3. The lowest BCUT2D eigenvalue weighted by Gasteiger charge is -2.36. The Morgan fingerprint density at radius 1 is 0.786 bits per heavy atom. The molecule has 0 fully saturated rings. The lowest BCUT2D eigenvalue weighted by molar-refractivity contribution is 0.279. The monoisotopic (exact) mass is 406 g/mol. The first-order chi connectivity index (χ1) is 13.3. The van der Waals surface area contributed by atoms with Crippen LogP contribution in [0.1, 0.15) is 118 Å². The molecule has 0 aromatic heterocycles. The first-order valence-corrected chi connectivity index (χ1v) is 15.0. The fourth-order valence-electron chi connectivity index (χ4n) is 2.88. The van der Waals surface area contributed by atoms with E-state index >= 15 is 0 Å². The maximum atomic E-state index is 6.21. The standard InChI is InChI=1S/C26H50OSi/c1-7-8-9-10-11-12-13-14-15-16-17-18-19-20-21-22-23-24-25-27-28(5,6)26(2,3)4/h20-21H,7-17,22-25H2,1-6H3/b21-20-. The lowest BCUT2D eigenvalue weighted by Crippen LogP contribution is -2.40. The van der Waals surface area contributed by atoms with Crippen molar-refractivity contribution >= 4 is 8.32 Å². The van der Waals surface area contributed by atoms with Gasteiger partial charge in [0.15, 0.2) is 8.32 Å². The van der Waals surface area contributed by atoms with E-state index in [0.717, 1.165) is 25.9 Å². The summed E-state index contributed by atoms with van der Waals surface area (Å²) in [5.41, 5.74) is 0. The third-order valence-electron chi connectivity index (χ3n) is 5.99. The summed E-state index contributed by atoms with van der Waals surface area (Å²) in [7, 11) is -1.56. The van der Waals surface area contributed by atoms with E-state index in [4.69, 9.17) is 4.43 Å². The second-order valence-corrected chi connectivity index (χ2v) is 14.6. The summed E-state index contributed by atoms with van der Waals surface area (Å²) in [6.45, 7) is 14.8. The van der Waals surface area contributed by atoms with Gasteiger partial charge >= 0.3 is 0 Å². The molecule has 2 heteroatoms. The van der Waals surface area contributed by atoms with Gasteiger partial charge in [-0.3, -0.25) is 0 Å². The lowest BCUT2D eigenvalue weighted by atomic mass is 10.1. The molecule has 0 rings (SSSR count). The molecule has 28 heavy (non-hydrogen) atoms. The Kier molecular flexibility index (Phi) is 17.0. The summed E-state index contributed by atoms with van der Waals surface area (Å²) in [6, 6.07) is 0. The largest absolute Gasteiger partial charge is 0.417 e. The summed E-state index contributed by atoms with van der Waals surface area (Å²) >= 11 is 0. The molecule has 0 saturated heterocycles. The molecule has 0 saturated carbocycles. The summed E-state index contributed by atoms with van der Waals surface area (Å²) in [5, 5.41) is 0.316. The normalized spacial score (nSPS) is 12.4. The van der Waals surface area contributed by atoms with Crippen molar-refractivity contribution in [3.8, 4) is 11.8 Å². The fourth-order valence-corrected chi connectivity index (χ4v) is 3.97. The minimum Gasteiger partial charge on any atom is -0.417 e. The first kappa shape index (κ1) is 27.5. The number of hydrogen-bond donors (Lipinski definition) is 0. The van der Waals surface area contributed by atoms with Gasteiger partial charge in [-0.05, 0) is 49.9 Å². The maximum Gasteiger partial charge on any atom is 0.191 e. The van der Waals surface area contributed by atoms with Crippen LogP contribution in [0.25, 0.3) is 0 Å². The molecular weight excluding hydrogens is 356 g/mol. The smallest absolute Gasteiger partial charge is 0.191 e. The predicted molar refractivity (Wildman–Crippen MR) is 130 cm³/mol. The summed E-state index contributed by atoms with van der Waals surface area (Å²) in [4.78, 5) is 0. The van der Waals surface area contributed by atoms with E-state index in [-0.39, 0.29) is 0 Å². The zero-order chi connectivity index (χ0) is 21.1. The summed E-state index contributed by atoms with van der Waals surface area (Å²) in [6.07, 6.45) is 22.7. The Morgan fingerprint density at radius 2 is 1.36 bits per heavy atom. The Hall–Kier alpha value is -0.523. The van der Waals surface area contributed by atoms with E-state index in [2.05, 4.69) is 58.7 Å². The SMILES string of the molecule is CCCCCCCCCCCCC#C/C=C\CCCCO[Si](C)(C)C(C)(C)C. The molecule has 0 aliphatic carbocycles. The van der Waals surface area contributed by atoms with Gasteiger partial charge in [-0.1, -0.05) is 103 Å². The van der Waals surface area contributed by atoms with Gasteiger partial charge in [-0.15, -0.1) is 0 Å². The van der Waals surface area contributed by atoms with Crippen molar-refractivity contribution in [2.24, 2.45) is 0 Å². The van der Waals surface area contributed by atoms with E-state index in [0.29, 0.717) is 5.04 Å². The molecule has 0 aromatic rings. The predicted octanol–water partition coefficient (Wildman–Crippen LogP) is 9.05. The minimum absolute atomic E-state index is 0.316. The van der Waals surface area contributed by atoms with Crippen molar-refractivity contribution in [2.75, 3.05) is 6.61 Å². The van der Waals surface area contributed by atoms with Crippen LogP contribution in [0.5, 0.6) is 0 Å².